The van der Waals surface area contributed by atoms with Crippen LogP contribution in [-0.4, -0.2) is 27.9 Å². The van der Waals surface area contributed by atoms with Gasteiger partial charge in [0.2, 0.25) is 10.0 Å². The minimum atomic E-state index is -3.56. The van der Waals surface area contributed by atoms with Crippen molar-refractivity contribution in [1.82, 2.24) is 4.72 Å². The maximum atomic E-state index is 11.6. The molecule has 0 bridgehead atoms. The molecule has 15 heavy (non-hydrogen) atoms. The molecule has 80 valence electrons. The molecular weight excluding hydrogens is 218 g/mol. The molecule has 0 spiro atoms. The van der Waals surface area contributed by atoms with E-state index in [0.717, 1.165) is 0 Å². The Hall–Kier alpha value is -1.40. The topological polar surface area (TPSA) is 72.5 Å². The maximum Gasteiger partial charge on any atom is 0.241 e. The number of fused-ring (bicyclic) bond motifs is 1. The minimum absolute atomic E-state index is 0.0156. The number of carbonyl (C=O) groups excluding carboxylic acids is 1. The molecule has 1 N–H and O–H groups in total. The van der Waals surface area contributed by atoms with Crippen molar-refractivity contribution in [3.05, 3.63) is 23.8 Å². The average Bonchev–Trinajstić information content (AvgIpc) is 2.23. The summed E-state index contributed by atoms with van der Waals surface area (Å²) in [6.07, 6.45) is 0. The van der Waals surface area contributed by atoms with E-state index in [1.807, 2.05) is 0 Å². The molecule has 0 saturated carbocycles. The monoisotopic (exact) mass is 227 g/mol. The Morgan fingerprint density at radius 3 is 2.80 bits per heavy atom. The predicted octanol–water partition coefficient (Wildman–Crippen LogP) is 0.170. The number of Topliss-reactive ketones (excluding diaryl/α,β-unsaturated/α-hetero) is 1. The molecule has 0 radical (unpaired) electrons. The number of rotatable bonds is 1. The number of benzene rings is 1. The third kappa shape index (κ3) is 1.51. The fourth-order valence-electron chi connectivity index (χ4n) is 1.51. The van der Waals surface area contributed by atoms with Crippen LogP contribution in [0.3, 0.4) is 0 Å². The number of hydrogen-bond acceptors (Lipinski definition) is 4. The summed E-state index contributed by atoms with van der Waals surface area (Å²) in [6, 6.07) is 4.49. The molecule has 0 saturated heterocycles. The summed E-state index contributed by atoms with van der Waals surface area (Å²) in [4.78, 5) is 11.5. The van der Waals surface area contributed by atoms with Crippen LogP contribution in [0.5, 0.6) is 5.75 Å². The van der Waals surface area contributed by atoms with Gasteiger partial charge in [-0.3, -0.25) is 4.79 Å². The third-order valence-electron chi connectivity index (χ3n) is 2.20. The van der Waals surface area contributed by atoms with E-state index in [0.29, 0.717) is 5.75 Å². The van der Waals surface area contributed by atoms with Gasteiger partial charge in [-0.2, -0.15) is 0 Å². The lowest BCUT2D eigenvalue weighted by Crippen LogP contribution is -2.36. The van der Waals surface area contributed by atoms with Gasteiger partial charge in [0.05, 0.1) is 24.1 Å². The number of ether oxygens (including phenoxy) is 1. The predicted molar refractivity (Wildman–Crippen MR) is 52.5 cm³/mol. The van der Waals surface area contributed by atoms with Crippen molar-refractivity contribution in [3.8, 4) is 5.75 Å². The number of sulfonamides is 1. The van der Waals surface area contributed by atoms with E-state index in [9.17, 15) is 13.2 Å². The average molecular weight is 227 g/mol. The van der Waals surface area contributed by atoms with E-state index in [2.05, 4.69) is 4.72 Å². The highest BCUT2D eigenvalue weighted by atomic mass is 32.2. The molecule has 0 amide bonds. The van der Waals surface area contributed by atoms with Gasteiger partial charge in [-0.15, -0.1) is 0 Å². The van der Waals surface area contributed by atoms with Crippen LogP contribution in [0.4, 0.5) is 0 Å². The van der Waals surface area contributed by atoms with E-state index in [1.165, 1.54) is 19.2 Å². The Balaban J connectivity index is 2.78. The summed E-state index contributed by atoms with van der Waals surface area (Å²) in [5.41, 5.74) is 0.138. The number of methoxy groups -OCH3 is 1. The quantitative estimate of drug-likeness (QED) is 0.742. The van der Waals surface area contributed by atoms with Crippen LogP contribution in [0.1, 0.15) is 10.4 Å². The lowest BCUT2D eigenvalue weighted by molar-refractivity contribution is 0.0987. The van der Waals surface area contributed by atoms with Crippen LogP contribution in [-0.2, 0) is 10.0 Å². The molecule has 1 aliphatic rings. The number of carbonyl (C=O) groups is 1. The van der Waals surface area contributed by atoms with Crippen molar-refractivity contribution in [1.29, 1.82) is 0 Å². The Morgan fingerprint density at radius 2 is 2.13 bits per heavy atom. The fraction of sp³-hybridized carbons (Fsp3) is 0.222. The minimum Gasteiger partial charge on any atom is -0.496 e. The smallest absolute Gasteiger partial charge is 0.241 e. The van der Waals surface area contributed by atoms with Crippen LogP contribution >= 0.6 is 0 Å². The van der Waals surface area contributed by atoms with E-state index in [1.54, 1.807) is 6.07 Å². The molecule has 2 rings (SSSR count). The largest absolute Gasteiger partial charge is 0.496 e. The highest BCUT2D eigenvalue weighted by molar-refractivity contribution is 7.89. The first-order chi connectivity index (χ1) is 7.06. The molecule has 1 aliphatic heterocycles. The molecule has 5 nitrogen and oxygen atoms in total. The first-order valence-corrected chi connectivity index (χ1v) is 5.74. The third-order valence-corrected chi connectivity index (χ3v) is 3.64. The first-order valence-electron chi connectivity index (χ1n) is 4.26. The van der Waals surface area contributed by atoms with Crippen LogP contribution < -0.4 is 9.46 Å². The van der Waals surface area contributed by atoms with Gasteiger partial charge >= 0.3 is 0 Å². The zero-order valence-corrected chi connectivity index (χ0v) is 8.80. The van der Waals surface area contributed by atoms with Gasteiger partial charge in [-0.25, -0.2) is 13.1 Å². The van der Waals surface area contributed by atoms with E-state index >= 15 is 0 Å². The van der Waals surface area contributed by atoms with E-state index in [4.69, 9.17) is 4.74 Å². The van der Waals surface area contributed by atoms with Gasteiger partial charge in [-0.1, -0.05) is 6.07 Å². The summed E-state index contributed by atoms with van der Waals surface area (Å²) in [5.74, 6) is 0.0138. The van der Waals surface area contributed by atoms with Crippen molar-refractivity contribution in [2.45, 2.75) is 4.90 Å². The molecule has 0 atom stereocenters. The Labute approximate surface area is 87.1 Å². The van der Waals surface area contributed by atoms with Gasteiger partial charge in [0.15, 0.2) is 5.78 Å². The highest BCUT2D eigenvalue weighted by Gasteiger charge is 2.30. The lowest BCUT2D eigenvalue weighted by atomic mass is 10.1. The molecule has 0 aliphatic carbocycles. The number of ketones is 1. The van der Waals surface area contributed by atoms with Crippen molar-refractivity contribution in [3.63, 3.8) is 0 Å². The van der Waals surface area contributed by atoms with Crippen LogP contribution in [0.15, 0.2) is 23.1 Å². The van der Waals surface area contributed by atoms with Crippen molar-refractivity contribution < 1.29 is 17.9 Å². The maximum absolute atomic E-state index is 11.6. The number of nitrogens with one attached hydrogen (secondary N) is 1. The van der Waals surface area contributed by atoms with Gasteiger partial charge in [0, 0.05) is 0 Å². The summed E-state index contributed by atoms with van der Waals surface area (Å²) in [5, 5.41) is 0. The van der Waals surface area contributed by atoms with Gasteiger partial charge in [-0.05, 0) is 12.1 Å². The Kier molecular flexibility index (Phi) is 2.24. The molecule has 0 aromatic heterocycles. The fourth-order valence-corrected chi connectivity index (χ4v) is 2.72. The second kappa shape index (κ2) is 3.32. The zero-order chi connectivity index (χ0) is 11.1. The van der Waals surface area contributed by atoms with Crippen LogP contribution in [0, 0.1) is 0 Å². The van der Waals surface area contributed by atoms with Crippen LogP contribution in [0.2, 0.25) is 0 Å². The standard InChI is InChI=1S/C9H9NO4S/c1-14-7-3-2-4-8-9(7)6(11)5-10-15(8,12)13/h2-4,10H,5H2,1H3. The first kappa shape index (κ1) is 10.1. The molecule has 1 heterocycles. The SMILES string of the molecule is COc1cccc2c1C(=O)CNS2(=O)=O. The molecule has 0 fully saturated rings. The van der Waals surface area contributed by atoms with Crippen molar-refractivity contribution >= 4 is 15.8 Å². The Morgan fingerprint density at radius 1 is 1.40 bits per heavy atom. The van der Waals surface area contributed by atoms with E-state index < -0.39 is 10.0 Å². The molecular formula is C9H9NO4S. The normalized spacial score (nSPS) is 18.3. The lowest BCUT2D eigenvalue weighted by Gasteiger charge is -2.18. The summed E-state index contributed by atoms with van der Waals surface area (Å²) >= 11 is 0. The molecule has 6 heteroatoms. The molecule has 1 aromatic rings. The molecule has 0 unspecified atom stereocenters. The highest BCUT2D eigenvalue weighted by Crippen LogP contribution is 2.28. The van der Waals surface area contributed by atoms with Gasteiger partial charge in [0.25, 0.3) is 0 Å². The summed E-state index contributed by atoms with van der Waals surface area (Å²) in [6.45, 7) is -0.213. The summed E-state index contributed by atoms with van der Waals surface area (Å²) in [7, 11) is -2.16. The van der Waals surface area contributed by atoms with E-state index in [-0.39, 0.29) is 22.8 Å². The zero-order valence-electron chi connectivity index (χ0n) is 7.98. The molecule has 1 aromatic carbocycles. The number of hydrogen-bond donors (Lipinski definition) is 1. The Bertz CT molecular complexity index is 521. The van der Waals surface area contributed by atoms with Crippen molar-refractivity contribution in [2.24, 2.45) is 0 Å². The van der Waals surface area contributed by atoms with Crippen molar-refractivity contribution in [2.75, 3.05) is 13.7 Å². The van der Waals surface area contributed by atoms with Gasteiger partial charge < -0.3 is 4.74 Å². The second-order valence-electron chi connectivity index (χ2n) is 3.08. The second-order valence-corrected chi connectivity index (χ2v) is 4.82. The summed E-state index contributed by atoms with van der Waals surface area (Å²) < 4.78 is 30.3. The van der Waals surface area contributed by atoms with Crippen LogP contribution in [0.25, 0.3) is 0 Å². The van der Waals surface area contributed by atoms with Gasteiger partial charge in [0.1, 0.15) is 5.75 Å².